The molecule has 0 aliphatic rings. The average Bonchev–Trinajstić information content (AvgIpc) is 2.86. The van der Waals surface area contributed by atoms with Crippen LogP contribution >= 0.6 is 0 Å². The summed E-state index contributed by atoms with van der Waals surface area (Å²) in [6, 6.07) is 20.8. The molecule has 0 heterocycles. The summed E-state index contributed by atoms with van der Waals surface area (Å²) in [6.45, 7) is 0. The zero-order valence-corrected chi connectivity index (χ0v) is 22.0. The van der Waals surface area contributed by atoms with Gasteiger partial charge in [-0.2, -0.15) is 0 Å². The van der Waals surface area contributed by atoms with Crippen LogP contribution in [0.1, 0.15) is 0 Å². The molecular formula is C22H32O6Si3. The molecule has 0 radical (unpaired) electrons. The van der Waals surface area contributed by atoms with Gasteiger partial charge in [-0.1, -0.05) is 72.1 Å². The van der Waals surface area contributed by atoms with Crippen LogP contribution in [0.15, 0.2) is 83.5 Å². The highest BCUT2D eigenvalue weighted by Crippen LogP contribution is 2.17. The number of rotatable bonds is 12. The zero-order chi connectivity index (χ0) is 22.8. The fourth-order valence-electron chi connectivity index (χ4n) is 3.41. The summed E-state index contributed by atoms with van der Waals surface area (Å²) in [7, 11) is 1.07. The Bertz CT molecular complexity index is 749. The van der Waals surface area contributed by atoms with Gasteiger partial charge in [-0.15, -0.1) is 0 Å². The third-order valence-corrected chi connectivity index (χ3v) is 14.5. The first-order valence-electron chi connectivity index (χ1n) is 9.82. The molecule has 0 N–H and O–H groups in total. The SMILES string of the molecule is CO[Si](C=C[Si](C=C[Si](OC)(OC)OC)(c1ccccc1)c1ccccc1)(OC)OC. The van der Waals surface area contributed by atoms with Gasteiger partial charge in [-0.25, -0.2) is 0 Å². The molecule has 0 atom stereocenters. The molecule has 168 valence electrons. The van der Waals surface area contributed by atoms with E-state index in [1.807, 2.05) is 47.8 Å². The van der Waals surface area contributed by atoms with Crippen molar-refractivity contribution in [3.8, 4) is 0 Å². The lowest BCUT2D eigenvalue weighted by Crippen LogP contribution is -2.57. The average molecular weight is 477 g/mol. The quantitative estimate of drug-likeness (QED) is 0.438. The Balaban J connectivity index is 2.80. The molecule has 0 aliphatic carbocycles. The molecule has 2 aromatic rings. The first kappa shape index (κ1) is 25.6. The lowest BCUT2D eigenvalue weighted by Gasteiger charge is -2.30. The predicted octanol–water partition coefficient (Wildman–Crippen LogP) is 2.27. The van der Waals surface area contributed by atoms with E-state index in [1.54, 1.807) is 42.7 Å². The highest BCUT2D eigenvalue weighted by Gasteiger charge is 2.41. The van der Waals surface area contributed by atoms with Crippen molar-refractivity contribution in [2.24, 2.45) is 0 Å². The van der Waals surface area contributed by atoms with Crippen LogP contribution in [0.4, 0.5) is 0 Å². The Labute approximate surface area is 188 Å². The molecule has 9 heteroatoms. The summed E-state index contributed by atoms with van der Waals surface area (Å²) in [5, 5.41) is 2.37. The van der Waals surface area contributed by atoms with Crippen molar-refractivity contribution in [3.63, 3.8) is 0 Å². The van der Waals surface area contributed by atoms with Crippen LogP contribution in [0.5, 0.6) is 0 Å². The normalized spacial score (nSPS) is 13.4. The maximum atomic E-state index is 5.65. The third-order valence-electron chi connectivity index (χ3n) is 5.31. The molecule has 0 saturated heterocycles. The van der Waals surface area contributed by atoms with Gasteiger partial charge in [0.25, 0.3) is 0 Å². The van der Waals surface area contributed by atoms with Crippen molar-refractivity contribution in [3.05, 3.63) is 83.5 Å². The van der Waals surface area contributed by atoms with E-state index in [4.69, 9.17) is 26.6 Å². The second kappa shape index (κ2) is 11.8. The molecule has 0 aliphatic heterocycles. The molecule has 0 spiro atoms. The lowest BCUT2D eigenvalue weighted by molar-refractivity contribution is 0.138. The van der Waals surface area contributed by atoms with E-state index in [1.165, 1.54) is 10.4 Å². The van der Waals surface area contributed by atoms with Gasteiger partial charge in [-0.05, 0) is 21.8 Å². The first-order valence-corrected chi connectivity index (χ1v) is 15.6. The Morgan fingerprint density at radius 3 is 1.00 bits per heavy atom. The molecular weight excluding hydrogens is 444 g/mol. The minimum absolute atomic E-state index is 1.19. The first-order chi connectivity index (χ1) is 15.0. The van der Waals surface area contributed by atoms with E-state index in [-0.39, 0.29) is 0 Å². The van der Waals surface area contributed by atoms with E-state index in [0.29, 0.717) is 0 Å². The van der Waals surface area contributed by atoms with Gasteiger partial charge in [0.05, 0.1) is 0 Å². The van der Waals surface area contributed by atoms with Crippen LogP contribution in [-0.4, -0.2) is 68.3 Å². The van der Waals surface area contributed by atoms with Gasteiger partial charge in [0.2, 0.25) is 0 Å². The van der Waals surface area contributed by atoms with Crippen LogP contribution in [0.3, 0.4) is 0 Å². The summed E-state index contributed by atoms with van der Waals surface area (Å²) in [5.74, 6) is 0. The van der Waals surface area contributed by atoms with E-state index in [2.05, 4.69) is 35.7 Å². The van der Waals surface area contributed by atoms with Crippen molar-refractivity contribution in [1.29, 1.82) is 0 Å². The largest absolute Gasteiger partial charge is 0.528 e. The number of hydrogen-bond donors (Lipinski definition) is 0. The van der Waals surface area contributed by atoms with E-state index in [9.17, 15) is 0 Å². The number of benzene rings is 2. The summed E-state index contributed by atoms with van der Waals surface area (Å²) < 4.78 is 33.9. The molecule has 0 bridgehead atoms. The second-order valence-corrected chi connectivity index (χ2v) is 15.8. The third kappa shape index (κ3) is 5.77. The fraction of sp³-hybridized carbons (Fsp3) is 0.273. The van der Waals surface area contributed by atoms with Gasteiger partial charge in [0, 0.05) is 42.7 Å². The van der Waals surface area contributed by atoms with Gasteiger partial charge in [0.15, 0.2) is 8.07 Å². The molecule has 0 amide bonds. The zero-order valence-electron chi connectivity index (χ0n) is 19.0. The Morgan fingerprint density at radius 1 is 0.452 bits per heavy atom. The van der Waals surface area contributed by atoms with Gasteiger partial charge < -0.3 is 26.6 Å². The molecule has 2 aromatic carbocycles. The summed E-state index contributed by atoms with van der Waals surface area (Å²) in [6.07, 6.45) is 0. The van der Waals surface area contributed by atoms with E-state index >= 15 is 0 Å². The van der Waals surface area contributed by atoms with Gasteiger partial charge in [0.1, 0.15) is 0 Å². The van der Waals surface area contributed by atoms with Crippen molar-refractivity contribution in [1.82, 2.24) is 0 Å². The Hall–Kier alpha value is -1.67. The summed E-state index contributed by atoms with van der Waals surface area (Å²) in [5.41, 5.74) is 8.30. The molecule has 2 rings (SSSR count). The maximum absolute atomic E-state index is 5.65. The van der Waals surface area contributed by atoms with Crippen LogP contribution in [0, 0.1) is 0 Å². The predicted molar refractivity (Wildman–Crippen MR) is 130 cm³/mol. The molecule has 6 nitrogen and oxygen atoms in total. The van der Waals surface area contributed by atoms with E-state index in [0.717, 1.165) is 0 Å². The lowest BCUT2D eigenvalue weighted by atomic mass is 10.4. The van der Waals surface area contributed by atoms with Crippen molar-refractivity contribution < 1.29 is 26.6 Å². The minimum Gasteiger partial charge on any atom is -0.374 e. The van der Waals surface area contributed by atoms with Crippen LogP contribution in [0.25, 0.3) is 0 Å². The number of hydrogen-bond acceptors (Lipinski definition) is 6. The molecule has 0 aromatic heterocycles. The highest BCUT2D eigenvalue weighted by molar-refractivity contribution is 7.10. The maximum Gasteiger partial charge on any atom is 0.528 e. The highest BCUT2D eigenvalue weighted by atomic mass is 28.4. The Kier molecular flexibility index (Phi) is 9.75. The van der Waals surface area contributed by atoms with Crippen molar-refractivity contribution in [2.75, 3.05) is 42.7 Å². The standard InChI is InChI=1S/C22H32O6Si3/c1-23-30(24-2,25-3)19-17-29(21-13-9-7-10-14-21,22-15-11-8-12-16-22)18-20-31(26-4,27-5)28-6/h7-20H,1-6H3. The van der Waals surface area contributed by atoms with Crippen molar-refractivity contribution in [2.45, 2.75) is 0 Å². The van der Waals surface area contributed by atoms with Crippen LogP contribution in [-0.2, 0) is 26.6 Å². The van der Waals surface area contributed by atoms with Crippen LogP contribution in [0.2, 0.25) is 0 Å². The van der Waals surface area contributed by atoms with Crippen LogP contribution < -0.4 is 10.4 Å². The second-order valence-electron chi connectivity index (χ2n) is 6.70. The smallest absolute Gasteiger partial charge is 0.374 e. The Morgan fingerprint density at radius 2 is 0.742 bits per heavy atom. The monoisotopic (exact) mass is 476 g/mol. The molecule has 0 fully saturated rings. The molecule has 31 heavy (non-hydrogen) atoms. The fourth-order valence-corrected chi connectivity index (χ4v) is 11.7. The molecule has 0 saturated carbocycles. The summed E-state index contributed by atoms with van der Waals surface area (Å²) in [4.78, 5) is 0. The van der Waals surface area contributed by atoms with Gasteiger partial charge in [-0.3, -0.25) is 0 Å². The van der Waals surface area contributed by atoms with Gasteiger partial charge >= 0.3 is 17.6 Å². The molecule has 0 unspecified atom stereocenters. The van der Waals surface area contributed by atoms with Crippen molar-refractivity contribution >= 4 is 36.1 Å². The summed E-state index contributed by atoms with van der Waals surface area (Å²) >= 11 is 0. The minimum atomic E-state index is -2.95. The topological polar surface area (TPSA) is 55.4 Å². The van der Waals surface area contributed by atoms with E-state index < -0.39 is 25.7 Å².